The molecule has 4 heteroatoms. The van der Waals surface area contributed by atoms with Crippen LogP contribution in [0.15, 0.2) is 0 Å². The third-order valence-electron chi connectivity index (χ3n) is 2.51. The highest BCUT2D eigenvalue weighted by atomic mass is 32.2. The van der Waals surface area contributed by atoms with Crippen molar-refractivity contribution < 1.29 is 8.42 Å². The summed E-state index contributed by atoms with van der Waals surface area (Å²) in [6, 6.07) is 0.332. The molecule has 0 N–H and O–H groups in total. The standard InChI is InChI=1S/C10H21NO2S/c1-3-5-8-11(10-6-7-10)14(12,13)9-4-2/h10H,3-9H2,1-2H3. The summed E-state index contributed by atoms with van der Waals surface area (Å²) in [5.41, 5.74) is 0. The fourth-order valence-electron chi connectivity index (χ4n) is 1.60. The number of nitrogens with zero attached hydrogens (tertiary/aromatic N) is 1. The van der Waals surface area contributed by atoms with Crippen molar-refractivity contribution in [2.45, 2.75) is 52.0 Å². The minimum atomic E-state index is -2.95. The molecule has 1 fully saturated rings. The Labute approximate surface area is 87.5 Å². The van der Waals surface area contributed by atoms with Crippen molar-refractivity contribution >= 4 is 10.0 Å². The number of rotatable bonds is 7. The monoisotopic (exact) mass is 219 g/mol. The van der Waals surface area contributed by atoms with Crippen molar-refractivity contribution in [3.8, 4) is 0 Å². The van der Waals surface area contributed by atoms with Crippen LogP contribution in [0.3, 0.4) is 0 Å². The minimum Gasteiger partial charge on any atom is -0.212 e. The van der Waals surface area contributed by atoms with Gasteiger partial charge < -0.3 is 0 Å². The molecule has 0 aromatic rings. The largest absolute Gasteiger partial charge is 0.214 e. The number of hydrogen-bond donors (Lipinski definition) is 0. The quantitative estimate of drug-likeness (QED) is 0.656. The van der Waals surface area contributed by atoms with Crippen LogP contribution in [-0.4, -0.2) is 31.1 Å². The average Bonchev–Trinajstić information content (AvgIpc) is 2.88. The van der Waals surface area contributed by atoms with Crippen LogP contribution in [0.5, 0.6) is 0 Å². The van der Waals surface area contributed by atoms with E-state index in [0.29, 0.717) is 11.8 Å². The Hall–Kier alpha value is -0.0900. The van der Waals surface area contributed by atoms with Crippen LogP contribution in [0.1, 0.15) is 46.0 Å². The highest BCUT2D eigenvalue weighted by Gasteiger charge is 2.35. The number of unbranched alkanes of at least 4 members (excludes halogenated alkanes) is 1. The second-order valence-corrected chi connectivity index (χ2v) is 6.05. The highest BCUT2D eigenvalue weighted by Crippen LogP contribution is 2.29. The Bertz CT molecular complexity index is 257. The van der Waals surface area contributed by atoms with Gasteiger partial charge in [0.25, 0.3) is 0 Å². The summed E-state index contributed by atoms with van der Waals surface area (Å²) < 4.78 is 25.4. The van der Waals surface area contributed by atoms with Crippen molar-refractivity contribution in [3.05, 3.63) is 0 Å². The smallest absolute Gasteiger partial charge is 0.212 e. The molecule has 1 saturated carbocycles. The van der Waals surface area contributed by atoms with Gasteiger partial charge in [-0.2, -0.15) is 4.31 Å². The van der Waals surface area contributed by atoms with E-state index in [2.05, 4.69) is 6.92 Å². The van der Waals surface area contributed by atoms with Crippen molar-refractivity contribution in [2.24, 2.45) is 0 Å². The van der Waals surface area contributed by atoms with Crippen LogP contribution in [0.4, 0.5) is 0 Å². The predicted molar refractivity (Wildman–Crippen MR) is 58.7 cm³/mol. The van der Waals surface area contributed by atoms with Crippen molar-refractivity contribution in [1.82, 2.24) is 4.31 Å². The van der Waals surface area contributed by atoms with Crippen LogP contribution >= 0.6 is 0 Å². The summed E-state index contributed by atoms with van der Waals surface area (Å²) in [7, 11) is -2.95. The molecule has 0 unspecified atom stereocenters. The van der Waals surface area contributed by atoms with E-state index in [1.807, 2.05) is 6.92 Å². The van der Waals surface area contributed by atoms with Crippen LogP contribution in [0.25, 0.3) is 0 Å². The molecule has 14 heavy (non-hydrogen) atoms. The summed E-state index contributed by atoms with van der Waals surface area (Å²) in [6.07, 6.45) is 4.89. The second-order valence-electron chi connectivity index (χ2n) is 4.01. The minimum absolute atomic E-state index is 0.313. The van der Waals surface area contributed by atoms with Crippen molar-refractivity contribution in [1.29, 1.82) is 0 Å². The fourth-order valence-corrected chi connectivity index (χ4v) is 3.42. The lowest BCUT2D eigenvalue weighted by Crippen LogP contribution is -2.35. The van der Waals surface area contributed by atoms with Crippen LogP contribution in [0.2, 0.25) is 0 Å². The van der Waals surface area contributed by atoms with Gasteiger partial charge in [-0.3, -0.25) is 0 Å². The molecule has 0 saturated heterocycles. The number of hydrogen-bond acceptors (Lipinski definition) is 2. The molecule has 0 heterocycles. The summed E-state index contributed by atoms with van der Waals surface area (Å²) in [4.78, 5) is 0. The second kappa shape index (κ2) is 5.12. The molecule has 0 aliphatic heterocycles. The van der Waals surface area contributed by atoms with Crippen molar-refractivity contribution in [2.75, 3.05) is 12.3 Å². The highest BCUT2D eigenvalue weighted by molar-refractivity contribution is 7.89. The molecule has 0 radical (unpaired) electrons. The molecule has 0 atom stereocenters. The van der Waals surface area contributed by atoms with Crippen LogP contribution < -0.4 is 0 Å². The predicted octanol–water partition coefficient (Wildman–Crippen LogP) is 1.99. The lowest BCUT2D eigenvalue weighted by molar-refractivity contribution is 0.395. The van der Waals surface area contributed by atoms with Gasteiger partial charge in [0.15, 0.2) is 0 Å². The molecule has 0 aromatic heterocycles. The Morgan fingerprint density at radius 3 is 2.29 bits per heavy atom. The molecule has 3 nitrogen and oxygen atoms in total. The lowest BCUT2D eigenvalue weighted by Gasteiger charge is -2.21. The first kappa shape index (κ1) is 12.0. The maximum absolute atomic E-state index is 11.8. The molecule has 0 bridgehead atoms. The van der Waals surface area contributed by atoms with Crippen molar-refractivity contribution in [3.63, 3.8) is 0 Å². The van der Waals surface area contributed by atoms with E-state index < -0.39 is 10.0 Å². The molecule has 1 aliphatic rings. The maximum Gasteiger partial charge on any atom is 0.214 e. The van der Waals surface area contributed by atoms with Gasteiger partial charge in [0.1, 0.15) is 0 Å². The first-order valence-electron chi connectivity index (χ1n) is 5.61. The zero-order valence-electron chi connectivity index (χ0n) is 9.20. The molecule has 0 aromatic carbocycles. The Morgan fingerprint density at radius 2 is 1.86 bits per heavy atom. The summed E-state index contributed by atoms with van der Waals surface area (Å²) in [5, 5.41) is 0. The van der Waals surface area contributed by atoms with E-state index in [0.717, 1.165) is 38.6 Å². The number of sulfonamides is 1. The fraction of sp³-hybridized carbons (Fsp3) is 1.00. The van der Waals surface area contributed by atoms with Gasteiger partial charge in [-0.05, 0) is 25.7 Å². The molecule has 84 valence electrons. The molecule has 0 amide bonds. The van der Waals surface area contributed by atoms with Crippen LogP contribution in [-0.2, 0) is 10.0 Å². The summed E-state index contributed by atoms with van der Waals surface area (Å²) in [6.45, 7) is 4.74. The third kappa shape index (κ3) is 3.24. The molecule has 0 spiro atoms. The average molecular weight is 219 g/mol. The SMILES string of the molecule is CCCCN(C1CC1)S(=O)(=O)CCC. The Kier molecular flexibility index (Phi) is 4.38. The molecular weight excluding hydrogens is 198 g/mol. The Morgan fingerprint density at radius 1 is 1.21 bits per heavy atom. The van der Waals surface area contributed by atoms with Gasteiger partial charge in [-0.15, -0.1) is 0 Å². The zero-order valence-corrected chi connectivity index (χ0v) is 10.0. The van der Waals surface area contributed by atoms with E-state index in [-0.39, 0.29) is 0 Å². The van der Waals surface area contributed by atoms with Gasteiger partial charge >= 0.3 is 0 Å². The van der Waals surface area contributed by atoms with Gasteiger partial charge in [-0.25, -0.2) is 8.42 Å². The summed E-state index contributed by atoms with van der Waals surface area (Å²) in [5.74, 6) is 0.313. The van der Waals surface area contributed by atoms with E-state index in [9.17, 15) is 8.42 Å². The molecular formula is C10H21NO2S. The zero-order chi connectivity index (χ0) is 10.6. The topological polar surface area (TPSA) is 37.4 Å². The Balaban J connectivity index is 2.56. The van der Waals surface area contributed by atoms with E-state index in [1.165, 1.54) is 0 Å². The van der Waals surface area contributed by atoms with Gasteiger partial charge in [0, 0.05) is 12.6 Å². The first-order chi connectivity index (χ1) is 6.61. The summed E-state index contributed by atoms with van der Waals surface area (Å²) >= 11 is 0. The van der Waals surface area contributed by atoms with Gasteiger partial charge in [0.05, 0.1) is 5.75 Å². The van der Waals surface area contributed by atoms with E-state index in [4.69, 9.17) is 0 Å². The molecule has 1 aliphatic carbocycles. The lowest BCUT2D eigenvalue weighted by atomic mass is 10.3. The van der Waals surface area contributed by atoms with E-state index >= 15 is 0 Å². The van der Waals surface area contributed by atoms with E-state index in [1.54, 1.807) is 4.31 Å². The van der Waals surface area contributed by atoms with Crippen LogP contribution in [0, 0.1) is 0 Å². The molecule has 1 rings (SSSR count). The normalized spacial score (nSPS) is 17.6. The van der Waals surface area contributed by atoms with Gasteiger partial charge in [0.2, 0.25) is 10.0 Å². The van der Waals surface area contributed by atoms with Gasteiger partial charge in [-0.1, -0.05) is 20.3 Å². The first-order valence-corrected chi connectivity index (χ1v) is 7.22. The third-order valence-corrected chi connectivity index (χ3v) is 4.63. The maximum atomic E-state index is 11.8.